The van der Waals surface area contributed by atoms with E-state index >= 15 is 0 Å². The van der Waals surface area contributed by atoms with Gasteiger partial charge in [-0.3, -0.25) is 0 Å². The van der Waals surface area contributed by atoms with Crippen molar-refractivity contribution in [3.8, 4) is 0 Å². The number of rotatable bonds is 3. The van der Waals surface area contributed by atoms with Crippen LogP contribution in [-0.2, 0) is 0 Å². The number of benzene rings is 1. The van der Waals surface area contributed by atoms with E-state index in [4.69, 9.17) is 5.11 Å². The Balaban J connectivity index is 3.12. The Kier molecular flexibility index (Phi) is 3.67. The fourth-order valence-corrected chi connectivity index (χ4v) is 1.57. The number of carboxylic acid groups (broad SMARTS) is 1. The maximum atomic E-state index is 10.8. The molecule has 0 unspecified atom stereocenters. The second-order valence-electron chi connectivity index (χ2n) is 3.63. The zero-order chi connectivity index (χ0) is 11.4. The summed E-state index contributed by atoms with van der Waals surface area (Å²) in [6.07, 6.45) is 3.13. The van der Waals surface area contributed by atoms with Crippen molar-refractivity contribution in [2.24, 2.45) is 0 Å². The predicted molar refractivity (Wildman–Crippen MR) is 62.1 cm³/mol. The summed E-state index contributed by atoms with van der Waals surface area (Å²) < 4.78 is 0. The second kappa shape index (κ2) is 4.78. The zero-order valence-corrected chi connectivity index (χ0v) is 9.37. The summed E-state index contributed by atoms with van der Waals surface area (Å²) in [6.45, 7) is 5.95. The monoisotopic (exact) mass is 204 g/mol. The first kappa shape index (κ1) is 11.5. The molecular weight excluding hydrogens is 188 g/mol. The van der Waals surface area contributed by atoms with Crippen LogP contribution in [0.4, 0.5) is 0 Å². The van der Waals surface area contributed by atoms with Crippen molar-refractivity contribution in [1.82, 2.24) is 0 Å². The lowest BCUT2D eigenvalue weighted by Crippen LogP contribution is -1.99. The smallest absolute Gasteiger partial charge is 0.335 e. The molecule has 0 aromatic heterocycles. The van der Waals surface area contributed by atoms with E-state index in [0.29, 0.717) is 5.56 Å². The molecule has 2 heteroatoms. The number of hydrogen-bond donors (Lipinski definition) is 1. The van der Waals surface area contributed by atoms with Gasteiger partial charge in [-0.15, -0.1) is 0 Å². The molecule has 0 aliphatic carbocycles. The molecule has 0 spiro atoms. The van der Waals surface area contributed by atoms with Crippen molar-refractivity contribution in [3.63, 3.8) is 0 Å². The Labute approximate surface area is 90.3 Å². The van der Waals surface area contributed by atoms with E-state index in [1.165, 1.54) is 5.57 Å². The Hall–Kier alpha value is -1.57. The summed E-state index contributed by atoms with van der Waals surface area (Å²) in [6, 6.07) is 5.45. The summed E-state index contributed by atoms with van der Waals surface area (Å²) in [5, 5.41) is 8.88. The Morgan fingerprint density at radius 3 is 2.60 bits per heavy atom. The van der Waals surface area contributed by atoms with E-state index in [9.17, 15) is 4.79 Å². The van der Waals surface area contributed by atoms with Crippen molar-refractivity contribution in [2.75, 3.05) is 0 Å². The van der Waals surface area contributed by atoms with Gasteiger partial charge in [0.1, 0.15) is 0 Å². The average molecular weight is 204 g/mol. The summed E-state index contributed by atoms with van der Waals surface area (Å²) in [5.74, 6) is -0.865. The zero-order valence-electron chi connectivity index (χ0n) is 9.37. The highest BCUT2D eigenvalue weighted by Gasteiger charge is 2.07. The number of aryl methyl sites for hydroxylation is 1. The lowest BCUT2D eigenvalue weighted by atomic mass is 10.0. The van der Waals surface area contributed by atoms with Crippen LogP contribution in [0.15, 0.2) is 24.3 Å². The summed E-state index contributed by atoms with van der Waals surface area (Å²) in [7, 11) is 0. The number of carboxylic acids is 1. The molecule has 1 rings (SSSR count). The van der Waals surface area contributed by atoms with Crippen LogP contribution < -0.4 is 0 Å². The van der Waals surface area contributed by atoms with Gasteiger partial charge >= 0.3 is 5.97 Å². The topological polar surface area (TPSA) is 37.3 Å². The maximum Gasteiger partial charge on any atom is 0.335 e. The van der Waals surface area contributed by atoms with Gasteiger partial charge in [0.15, 0.2) is 0 Å². The highest BCUT2D eigenvalue weighted by Crippen LogP contribution is 2.18. The molecule has 0 bridgehead atoms. The van der Waals surface area contributed by atoms with Crippen LogP contribution >= 0.6 is 0 Å². The minimum absolute atomic E-state index is 0.378. The fourth-order valence-electron chi connectivity index (χ4n) is 1.57. The third kappa shape index (κ3) is 2.69. The molecule has 1 aromatic carbocycles. The minimum Gasteiger partial charge on any atom is -0.478 e. The van der Waals surface area contributed by atoms with Gasteiger partial charge in [-0.1, -0.05) is 25.1 Å². The Morgan fingerprint density at radius 1 is 1.47 bits per heavy atom. The SMILES string of the molecule is CC/C=C(/C)c1ccc(C(=O)O)c(C)c1. The summed E-state index contributed by atoms with van der Waals surface area (Å²) >= 11 is 0. The lowest BCUT2D eigenvalue weighted by Gasteiger charge is -2.05. The fraction of sp³-hybridized carbons (Fsp3) is 0.308. The average Bonchev–Trinajstić information content (AvgIpc) is 2.17. The normalized spacial score (nSPS) is 11.5. The van der Waals surface area contributed by atoms with Crippen LogP contribution in [0.3, 0.4) is 0 Å². The van der Waals surface area contributed by atoms with Crippen molar-refractivity contribution in [1.29, 1.82) is 0 Å². The molecule has 1 aromatic rings. The number of allylic oxidation sites excluding steroid dienone is 2. The lowest BCUT2D eigenvalue weighted by molar-refractivity contribution is 0.0696. The second-order valence-corrected chi connectivity index (χ2v) is 3.63. The number of aromatic carboxylic acids is 1. The van der Waals surface area contributed by atoms with Gasteiger partial charge in [0.2, 0.25) is 0 Å². The first-order chi connectivity index (χ1) is 7.06. The van der Waals surface area contributed by atoms with Crippen LogP contribution in [0.1, 0.15) is 41.8 Å². The molecule has 0 fully saturated rings. The highest BCUT2D eigenvalue weighted by molar-refractivity contribution is 5.89. The summed E-state index contributed by atoms with van der Waals surface area (Å²) in [4.78, 5) is 10.8. The van der Waals surface area contributed by atoms with Crippen molar-refractivity contribution >= 4 is 11.5 Å². The third-order valence-corrected chi connectivity index (χ3v) is 2.42. The van der Waals surface area contributed by atoms with Crippen molar-refractivity contribution in [3.05, 3.63) is 41.0 Å². The van der Waals surface area contributed by atoms with Crippen LogP contribution in [0.2, 0.25) is 0 Å². The van der Waals surface area contributed by atoms with Gasteiger partial charge in [0.25, 0.3) is 0 Å². The quantitative estimate of drug-likeness (QED) is 0.818. The van der Waals surface area contributed by atoms with Gasteiger partial charge in [-0.05, 0) is 43.0 Å². The molecule has 0 aliphatic heterocycles. The van der Waals surface area contributed by atoms with Crippen molar-refractivity contribution in [2.45, 2.75) is 27.2 Å². The standard InChI is InChI=1S/C13H16O2/c1-4-5-9(2)11-6-7-12(13(14)15)10(3)8-11/h5-8H,4H2,1-3H3,(H,14,15)/b9-5-. The molecule has 0 aliphatic rings. The molecule has 15 heavy (non-hydrogen) atoms. The first-order valence-electron chi connectivity index (χ1n) is 5.07. The molecule has 0 amide bonds. The largest absolute Gasteiger partial charge is 0.478 e. The molecule has 0 atom stereocenters. The van der Waals surface area contributed by atoms with Gasteiger partial charge in [-0.25, -0.2) is 4.79 Å². The summed E-state index contributed by atoms with van der Waals surface area (Å²) in [5.41, 5.74) is 3.48. The van der Waals surface area contributed by atoms with E-state index in [-0.39, 0.29) is 0 Å². The van der Waals surface area contributed by atoms with Crippen LogP contribution in [-0.4, -0.2) is 11.1 Å². The molecule has 80 valence electrons. The molecule has 1 N–H and O–H groups in total. The van der Waals surface area contributed by atoms with E-state index in [1.54, 1.807) is 6.07 Å². The molecule has 0 saturated carbocycles. The first-order valence-corrected chi connectivity index (χ1v) is 5.07. The molecule has 0 heterocycles. The molecular formula is C13H16O2. The number of carbonyl (C=O) groups is 1. The van der Waals surface area contributed by atoms with E-state index in [0.717, 1.165) is 17.5 Å². The van der Waals surface area contributed by atoms with Gasteiger partial charge in [0, 0.05) is 0 Å². The van der Waals surface area contributed by atoms with Crippen LogP contribution in [0, 0.1) is 6.92 Å². The van der Waals surface area contributed by atoms with Crippen molar-refractivity contribution < 1.29 is 9.90 Å². The van der Waals surface area contributed by atoms with Crippen LogP contribution in [0.5, 0.6) is 0 Å². The van der Waals surface area contributed by atoms with Gasteiger partial charge in [0.05, 0.1) is 5.56 Å². The maximum absolute atomic E-state index is 10.8. The Morgan fingerprint density at radius 2 is 2.13 bits per heavy atom. The van der Waals surface area contributed by atoms with E-state index in [1.807, 2.05) is 26.0 Å². The minimum atomic E-state index is -0.865. The van der Waals surface area contributed by atoms with E-state index in [2.05, 4.69) is 13.0 Å². The third-order valence-electron chi connectivity index (χ3n) is 2.42. The Bertz CT molecular complexity index is 403. The highest BCUT2D eigenvalue weighted by atomic mass is 16.4. The van der Waals surface area contributed by atoms with Crippen LogP contribution in [0.25, 0.3) is 5.57 Å². The van der Waals surface area contributed by atoms with Gasteiger partial charge < -0.3 is 5.11 Å². The molecule has 0 saturated heterocycles. The molecule has 2 nitrogen and oxygen atoms in total. The molecule has 0 radical (unpaired) electrons. The van der Waals surface area contributed by atoms with E-state index < -0.39 is 5.97 Å². The number of hydrogen-bond acceptors (Lipinski definition) is 1. The van der Waals surface area contributed by atoms with Gasteiger partial charge in [-0.2, -0.15) is 0 Å². The predicted octanol–water partition coefficient (Wildman–Crippen LogP) is 3.51.